The number of rotatable bonds is 7. The summed E-state index contributed by atoms with van der Waals surface area (Å²) in [5, 5.41) is 8.97. The summed E-state index contributed by atoms with van der Waals surface area (Å²) in [6.45, 7) is 2.81. The van der Waals surface area contributed by atoms with Crippen molar-refractivity contribution in [3.05, 3.63) is 35.6 Å². The van der Waals surface area contributed by atoms with Crippen LogP contribution >= 0.6 is 0 Å². The molecule has 0 aromatic heterocycles. The van der Waals surface area contributed by atoms with Gasteiger partial charge in [0.05, 0.1) is 6.54 Å². The molecule has 1 fully saturated rings. The van der Waals surface area contributed by atoms with Crippen LogP contribution in [-0.2, 0) is 11.2 Å². The topological polar surface area (TPSA) is 40.5 Å². The highest BCUT2D eigenvalue weighted by Gasteiger charge is 2.28. The highest BCUT2D eigenvalue weighted by molar-refractivity contribution is 5.69. The van der Waals surface area contributed by atoms with Crippen molar-refractivity contribution in [3.63, 3.8) is 0 Å². The van der Waals surface area contributed by atoms with E-state index < -0.39 is 5.97 Å². The second-order valence-corrected chi connectivity index (χ2v) is 5.41. The molecule has 4 heteroatoms. The van der Waals surface area contributed by atoms with Crippen molar-refractivity contribution >= 4 is 5.97 Å². The maximum absolute atomic E-state index is 13.6. The maximum Gasteiger partial charge on any atom is 0.317 e. The average molecular weight is 265 g/mol. The second-order valence-electron chi connectivity index (χ2n) is 5.41. The first-order valence-electron chi connectivity index (χ1n) is 6.75. The van der Waals surface area contributed by atoms with Gasteiger partial charge >= 0.3 is 5.97 Å². The Morgan fingerprint density at radius 2 is 2.16 bits per heavy atom. The van der Waals surface area contributed by atoms with Crippen LogP contribution in [0.5, 0.6) is 0 Å². The van der Waals surface area contributed by atoms with Crippen LogP contribution in [0.1, 0.15) is 25.3 Å². The molecular formula is C15H20FNO2. The molecule has 3 nitrogen and oxygen atoms in total. The minimum atomic E-state index is -0.818. The largest absolute Gasteiger partial charge is 0.480 e. The third-order valence-corrected chi connectivity index (χ3v) is 3.62. The van der Waals surface area contributed by atoms with Crippen molar-refractivity contribution in [2.24, 2.45) is 5.92 Å². The van der Waals surface area contributed by atoms with Gasteiger partial charge in [0.2, 0.25) is 0 Å². The smallest absolute Gasteiger partial charge is 0.317 e. The van der Waals surface area contributed by atoms with Crippen molar-refractivity contribution in [2.45, 2.75) is 32.2 Å². The van der Waals surface area contributed by atoms with Crippen molar-refractivity contribution in [3.8, 4) is 0 Å². The molecule has 1 aromatic carbocycles. The zero-order valence-corrected chi connectivity index (χ0v) is 11.2. The van der Waals surface area contributed by atoms with E-state index in [0.29, 0.717) is 17.9 Å². The molecule has 0 heterocycles. The zero-order chi connectivity index (χ0) is 13.8. The predicted molar refractivity (Wildman–Crippen MR) is 71.5 cm³/mol. The number of hydrogen-bond donors (Lipinski definition) is 1. The second kappa shape index (κ2) is 6.15. The van der Waals surface area contributed by atoms with E-state index in [-0.39, 0.29) is 18.4 Å². The fourth-order valence-corrected chi connectivity index (χ4v) is 2.32. The van der Waals surface area contributed by atoms with Gasteiger partial charge in [-0.3, -0.25) is 9.69 Å². The molecule has 1 atom stereocenters. The number of carboxylic acid groups (broad SMARTS) is 1. The lowest BCUT2D eigenvalue weighted by atomic mass is 10.0. The Bertz CT molecular complexity index is 446. The van der Waals surface area contributed by atoms with E-state index in [2.05, 4.69) is 0 Å². The van der Waals surface area contributed by atoms with Gasteiger partial charge in [-0.25, -0.2) is 4.39 Å². The molecule has 0 spiro atoms. The number of carboxylic acids is 1. The van der Waals surface area contributed by atoms with Crippen LogP contribution in [0.25, 0.3) is 0 Å². The molecule has 0 radical (unpaired) electrons. The van der Waals surface area contributed by atoms with Crippen LogP contribution < -0.4 is 0 Å². The third kappa shape index (κ3) is 4.31. The Morgan fingerprint density at radius 3 is 2.74 bits per heavy atom. The molecule has 104 valence electrons. The van der Waals surface area contributed by atoms with E-state index in [1.807, 2.05) is 17.9 Å². The van der Waals surface area contributed by atoms with Gasteiger partial charge in [0, 0.05) is 12.6 Å². The van der Waals surface area contributed by atoms with E-state index in [9.17, 15) is 9.18 Å². The quantitative estimate of drug-likeness (QED) is 0.823. The fourth-order valence-electron chi connectivity index (χ4n) is 2.32. The van der Waals surface area contributed by atoms with Crippen molar-refractivity contribution < 1.29 is 14.3 Å². The molecule has 1 aliphatic rings. The third-order valence-electron chi connectivity index (χ3n) is 3.62. The maximum atomic E-state index is 13.6. The van der Waals surface area contributed by atoms with Crippen molar-refractivity contribution in [1.29, 1.82) is 0 Å². The van der Waals surface area contributed by atoms with Gasteiger partial charge in [0.25, 0.3) is 0 Å². The molecule has 1 N–H and O–H groups in total. The summed E-state index contributed by atoms with van der Waals surface area (Å²) in [6, 6.07) is 6.73. The van der Waals surface area contributed by atoms with Crippen LogP contribution in [0.2, 0.25) is 0 Å². The van der Waals surface area contributed by atoms with Crippen LogP contribution in [0, 0.1) is 11.7 Å². The van der Waals surface area contributed by atoms with E-state index in [1.165, 1.54) is 18.9 Å². The summed E-state index contributed by atoms with van der Waals surface area (Å²) in [6.07, 6.45) is 2.91. The summed E-state index contributed by atoms with van der Waals surface area (Å²) in [5.74, 6) is -0.403. The van der Waals surface area contributed by atoms with Gasteiger partial charge in [-0.2, -0.15) is 0 Å². The van der Waals surface area contributed by atoms with E-state index >= 15 is 0 Å². The minimum absolute atomic E-state index is 0.0338. The Kier molecular flexibility index (Phi) is 4.53. The average Bonchev–Trinajstić information content (AvgIpc) is 3.14. The highest BCUT2D eigenvalue weighted by Crippen LogP contribution is 2.30. The van der Waals surface area contributed by atoms with Gasteiger partial charge in [0.1, 0.15) is 5.82 Å². The summed E-state index contributed by atoms with van der Waals surface area (Å²) >= 11 is 0. The monoisotopic (exact) mass is 265 g/mol. The highest BCUT2D eigenvalue weighted by atomic mass is 19.1. The summed E-state index contributed by atoms with van der Waals surface area (Å²) in [7, 11) is 0. The summed E-state index contributed by atoms with van der Waals surface area (Å²) in [4.78, 5) is 12.9. The Labute approximate surface area is 113 Å². The van der Waals surface area contributed by atoms with Crippen LogP contribution in [0.4, 0.5) is 4.39 Å². The van der Waals surface area contributed by atoms with Crippen molar-refractivity contribution in [2.75, 3.05) is 13.1 Å². The SMILES string of the molecule is CC(Cc1ccccc1F)N(CC(=O)O)CC1CC1. The number of carbonyl (C=O) groups is 1. The lowest BCUT2D eigenvalue weighted by Crippen LogP contribution is -2.40. The standard InChI is InChI=1S/C15H20FNO2/c1-11(8-13-4-2-3-5-14(13)16)17(10-15(18)19)9-12-6-7-12/h2-5,11-12H,6-10H2,1H3,(H,18,19). The zero-order valence-electron chi connectivity index (χ0n) is 11.2. The number of halogens is 1. The summed E-state index contributed by atoms with van der Waals surface area (Å²) in [5.41, 5.74) is 0.654. The Hall–Kier alpha value is -1.42. The molecule has 0 aliphatic heterocycles. The van der Waals surface area contributed by atoms with Crippen LogP contribution in [-0.4, -0.2) is 35.1 Å². The molecule has 2 rings (SSSR count). The number of nitrogens with zero attached hydrogens (tertiary/aromatic N) is 1. The number of benzene rings is 1. The molecule has 0 saturated heterocycles. The first-order valence-corrected chi connectivity index (χ1v) is 6.75. The van der Waals surface area contributed by atoms with Gasteiger partial charge in [0.15, 0.2) is 0 Å². The van der Waals surface area contributed by atoms with Gasteiger partial charge in [-0.15, -0.1) is 0 Å². The first kappa shape index (κ1) is 14.0. The van der Waals surface area contributed by atoms with Crippen molar-refractivity contribution in [1.82, 2.24) is 4.90 Å². The first-order chi connectivity index (χ1) is 9.06. The Morgan fingerprint density at radius 1 is 1.47 bits per heavy atom. The predicted octanol–water partition coefficient (Wildman–Crippen LogP) is 2.55. The van der Waals surface area contributed by atoms with E-state index in [0.717, 1.165) is 6.54 Å². The molecular weight excluding hydrogens is 245 g/mol. The molecule has 1 unspecified atom stereocenters. The molecule has 1 saturated carbocycles. The molecule has 1 aromatic rings. The van der Waals surface area contributed by atoms with E-state index in [1.54, 1.807) is 12.1 Å². The summed E-state index contributed by atoms with van der Waals surface area (Å²) < 4.78 is 13.6. The Balaban J connectivity index is 1.99. The van der Waals surface area contributed by atoms with Crippen LogP contribution in [0.3, 0.4) is 0 Å². The van der Waals surface area contributed by atoms with E-state index in [4.69, 9.17) is 5.11 Å². The molecule has 1 aliphatic carbocycles. The van der Waals surface area contributed by atoms with Crippen LogP contribution in [0.15, 0.2) is 24.3 Å². The number of hydrogen-bond acceptors (Lipinski definition) is 2. The van der Waals surface area contributed by atoms with Gasteiger partial charge < -0.3 is 5.11 Å². The van der Waals surface area contributed by atoms with Gasteiger partial charge in [-0.05, 0) is 43.7 Å². The normalized spacial score (nSPS) is 16.6. The molecule has 19 heavy (non-hydrogen) atoms. The molecule has 0 amide bonds. The molecule has 0 bridgehead atoms. The lowest BCUT2D eigenvalue weighted by Gasteiger charge is -2.27. The number of aliphatic carboxylic acids is 1. The van der Waals surface area contributed by atoms with Gasteiger partial charge in [-0.1, -0.05) is 18.2 Å². The lowest BCUT2D eigenvalue weighted by molar-refractivity contribution is -0.138. The fraction of sp³-hybridized carbons (Fsp3) is 0.533. The minimum Gasteiger partial charge on any atom is -0.480 e.